The number of hydrogen-bond acceptors (Lipinski definition) is 0. The lowest BCUT2D eigenvalue weighted by atomic mass is 9.92. The van der Waals surface area contributed by atoms with E-state index < -0.39 is 0 Å². The van der Waals surface area contributed by atoms with Gasteiger partial charge in [0.05, 0.1) is 0 Å². The van der Waals surface area contributed by atoms with Crippen LogP contribution in [0.1, 0.15) is 0 Å². The Balaban J connectivity index is 1.34. The fourth-order valence-electron chi connectivity index (χ4n) is 6.79. The van der Waals surface area contributed by atoms with Crippen molar-refractivity contribution in [2.75, 3.05) is 0 Å². The van der Waals surface area contributed by atoms with E-state index in [0.29, 0.717) is 0 Å². The molecule has 0 bridgehead atoms. The molecule has 0 radical (unpaired) electrons. The zero-order valence-electron chi connectivity index (χ0n) is 20.7. The Hall–Kier alpha value is -4.94. The molecule has 9 rings (SSSR count). The molecule has 0 heteroatoms. The second kappa shape index (κ2) is 7.31. The molecule has 0 atom stereocenters. The van der Waals surface area contributed by atoms with Gasteiger partial charge in [-0.15, -0.1) is 0 Å². The summed E-state index contributed by atoms with van der Waals surface area (Å²) < 4.78 is 0. The summed E-state index contributed by atoms with van der Waals surface area (Å²) in [6.45, 7) is 0. The van der Waals surface area contributed by atoms with Crippen molar-refractivity contribution in [1.82, 2.24) is 0 Å². The second-order valence-electron chi connectivity index (χ2n) is 10.5. The normalized spacial score (nSPS) is 12.2. The summed E-state index contributed by atoms with van der Waals surface area (Å²) in [6, 6.07) is 49.6. The van der Waals surface area contributed by atoms with Crippen molar-refractivity contribution < 1.29 is 0 Å². The van der Waals surface area contributed by atoms with Gasteiger partial charge in [0.15, 0.2) is 0 Å². The first-order chi connectivity index (χ1) is 18.8. The summed E-state index contributed by atoms with van der Waals surface area (Å²) in [6.07, 6.45) is 0. The highest BCUT2D eigenvalue weighted by Crippen LogP contribution is 2.51. The van der Waals surface area contributed by atoms with Crippen LogP contribution in [-0.2, 0) is 0 Å². The highest BCUT2D eigenvalue weighted by Gasteiger charge is 2.24. The van der Waals surface area contributed by atoms with Crippen molar-refractivity contribution in [1.29, 1.82) is 0 Å². The van der Waals surface area contributed by atoms with Gasteiger partial charge in [0.2, 0.25) is 0 Å². The molecule has 1 aliphatic rings. The van der Waals surface area contributed by atoms with Crippen LogP contribution in [0.25, 0.3) is 87.2 Å². The molecular formula is C38H22. The van der Waals surface area contributed by atoms with Gasteiger partial charge >= 0.3 is 0 Å². The van der Waals surface area contributed by atoms with Crippen LogP contribution < -0.4 is 0 Å². The Bertz CT molecular complexity index is 2280. The fourth-order valence-corrected chi connectivity index (χ4v) is 6.79. The Morgan fingerprint density at radius 3 is 1.84 bits per heavy atom. The first-order valence-electron chi connectivity index (χ1n) is 13.3. The quantitative estimate of drug-likeness (QED) is 0.206. The average molecular weight is 479 g/mol. The van der Waals surface area contributed by atoms with Gasteiger partial charge in [0.1, 0.15) is 0 Å². The van der Waals surface area contributed by atoms with E-state index in [-0.39, 0.29) is 0 Å². The van der Waals surface area contributed by atoms with Gasteiger partial charge in [-0.05, 0) is 112 Å². The SMILES string of the molecule is c1ccc2c(-c3ccc4cc5c(cc4c3)-c3cc4c6ccccc6ccc4c4cccc-5c34)cccc2c1. The predicted molar refractivity (Wildman–Crippen MR) is 164 cm³/mol. The molecule has 8 aromatic rings. The monoisotopic (exact) mass is 478 g/mol. The number of rotatable bonds is 1. The summed E-state index contributed by atoms with van der Waals surface area (Å²) >= 11 is 0. The van der Waals surface area contributed by atoms with Crippen LogP contribution >= 0.6 is 0 Å². The van der Waals surface area contributed by atoms with Gasteiger partial charge in [0.25, 0.3) is 0 Å². The standard InChI is InChI=1S/C38H22/c1-3-10-28-23(7-1)9-5-12-30(28)26-16-15-25-20-34-33-14-6-13-32-31-18-17-24-8-2-4-11-29(24)36(31)22-37(38(32)33)35(34)21-27(25)19-26/h1-22H. The molecule has 0 amide bonds. The zero-order valence-corrected chi connectivity index (χ0v) is 20.7. The second-order valence-corrected chi connectivity index (χ2v) is 10.5. The van der Waals surface area contributed by atoms with Crippen LogP contribution in [0.4, 0.5) is 0 Å². The zero-order chi connectivity index (χ0) is 24.8. The summed E-state index contributed by atoms with van der Waals surface area (Å²) in [4.78, 5) is 0. The Morgan fingerprint density at radius 1 is 0.263 bits per heavy atom. The van der Waals surface area contributed by atoms with E-state index in [9.17, 15) is 0 Å². The van der Waals surface area contributed by atoms with Crippen molar-refractivity contribution in [3.05, 3.63) is 133 Å². The smallest absolute Gasteiger partial charge is 0.00199 e. The first kappa shape index (κ1) is 20.2. The first-order valence-corrected chi connectivity index (χ1v) is 13.3. The molecule has 0 aliphatic heterocycles. The molecule has 0 nitrogen and oxygen atoms in total. The van der Waals surface area contributed by atoms with E-state index in [1.54, 1.807) is 0 Å². The molecule has 0 aromatic heterocycles. The third kappa shape index (κ3) is 2.64. The lowest BCUT2D eigenvalue weighted by Crippen LogP contribution is -1.84. The molecule has 8 aromatic carbocycles. The van der Waals surface area contributed by atoms with Crippen LogP contribution in [0, 0.1) is 0 Å². The molecule has 0 saturated heterocycles. The average Bonchev–Trinajstić information content (AvgIpc) is 3.29. The van der Waals surface area contributed by atoms with E-state index >= 15 is 0 Å². The maximum Gasteiger partial charge on any atom is -0.00199 e. The highest BCUT2D eigenvalue weighted by molar-refractivity contribution is 6.27. The van der Waals surface area contributed by atoms with Crippen LogP contribution in [0.2, 0.25) is 0 Å². The third-order valence-corrected chi connectivity index (χ3v) is 8.54. The van der Waals surface area contributed by atoms with Crippen LogP contribution in [0.15, 0.2) is 133 Å². The van der Waals surface area contributed by atoms with Gasteiger partial charge in [-0.25, -0.2) is 0 Å². The Morgan fingerprint density at radius 2 is 0.921 bits per heavy atom. The van der Waals surface area contributed by atoms with Gasteiger partial charge in [-0.3, -0.25) is 0 Å². The molecule has 174 valence electrons. The van der Waals surface area contributed by atoms with E-state index in [1.165, 1.54) is 87.2 Å². The van der Waals surface area contributed by atoms with Crippen LogP contribution in [0.5, 0.6) is 0 Å². The van der Waals surface area contributed by atoms with Crippen molar-refractivity contribution in [2.45, 2.75) is 0 Å². The molecular weight excluding hydrogens is 456 g/mol. The molecule has 0 unspecified atom stereocenters. The van der Waals surface area contributed by atoms with Gasteiger partial charge < -0.3 is 0 Å². The van der Waals surface area contributed by atoms with E-state index in [0.717, 1.165) is 0 Å². The topological polar surface area (TPSA) is 0 Å². The molecule has 0 N–H and O–H groups in total. The van der Waals surface area contributed by atoms with Gasteiger partial charge in [-0.1, -0.05) is 109 Å². The minimum atomic E-state index is 1.26. The summed E-state index contributed by atoms with van der Waals surface area (Å²) in [7, 11) is 0. The maximum absolute atomic E-state index is 2.44. The van der Waals surface area contributed by atoms with Crippen LogP contribution in [-0.4, -0.2) is 0 Å². The molecule has 0 saturated carbocycles. The summed E-state index contributed by atoms with van der Waals surface area (Å²) in [5.74, 6) is 0. The van der Waals surface area contributed by atoms with E-state index in [4.69, 9.17) is 0 Å². The van der Waals surface area contributed by atoms with E-state index in [1.807, 2.05) is 0 Å². The molecule has 0 heterocycles. The maximum atomic E-state index is 2.44. The minimum Gasteiger partial charge on any atom is -0.0616 e. The van der Waals surface area contributed by atoms with Crippen LogP contribution in [0.3, 0.4) is 0 Å². The fraction of sp³-hybridized carbons (Fsp3) is 0. The Kier molecular flexibility index (Phi) is 3.88. The third-order valence-electron chi connectivity index (χ3n) is 8.54. The van der Waals surface area contributed by atoms with Crippen molar-refractivity contribution in [3.8, 4) is 33.4 Å². The largest absolute Gasteiger partial charge is 0.0616 e. The minimum absolute atomic E-state index is 1.26. The predicted octanol–water partition coefficient (Wildman–Crippen LogP) is 10.8. The van der Waals surface area contributed by atoms with Crippen molar-refractivity contribution >= 4 is 53.9 Å². The number of benzene rings is 8. The number of hydrogen-bond donors (Lipinski definition) is 0. The van der Waals surface area contributed by atoms with Gasteiger partial charge in [0, 0.05) is 0 Å². The molecule has 0 fully saturated rings. The lowest BCUT2D eigenvalue weighted by Gasteiger charge is -2.11. The van der Waals surface area contributed by atoms with Crippen molar-refractivity contribution in [3.63, 3.8) is 0 Å². The summed E-state index contributed by atoms with van der Waals surface area (Å²) in [5.41, 5.74) is 7.94. The van der Waals surface area contributed by atoms with E-state index in [2.05, 4.69) is 133 Å². The molecule has 1 aliphatic carbocycles. The molecule has 0 spiro atoms. The number of fused-ring (bicyclic) bond motifs is 9. The summed E-state index contributed by atoms with van der Waals surface area (Å²) in [5, 5.41) is 13.2. The Labute approximate surface area is 220 Å². The van der Waals surface area contributed by atoms with Gasteiger partial charge in [-0.2, -0.15) is 0 Å². The lowest BCUT2D eigenvalue weighted by molar-refractivity contribution is 1.68. The van der Waals surface area contributed by atoms with Crippen molar-refractivity contribution in [2.24, 2.45) is 0 Å². The molecule has 38 heavy (non-hydrogen) atoms. The highest BCUT2D eigenvalue weighted by atomic mass is 14.3.